The van der Waals surface area contributed by atoms with Crippen molar-refractivity contribution in [2.75, 3.05) is 31.0 Å². The predicted molar refractivity (Wildman–Crippen MR) is 54.6 cm³/mol. The molecule has 13 heavy (non-hydrogen) atoms. The van der Waals surface area contributed by atoms with Crippen molar-refractivity contribution in [3.05, 3.63) is 24.3 Å². The number of rotatable bonds is 5. The average molecular weight is 181 g/mol. The quantitative estimate of drug-likeness (QED) is 0.361. The van der Waals surface area contributed by atoms with Crippen LogP contribution in [0.15, 0.2) is 24.3 Å². The third-order valence-electron chi connectivity index (χ3n) is 1.69. The Bertz CT molecular complexity index is 235. The number of hydrogen-bond donors (Lipinski definition) is 3. The van der Waals surface area contributed by atoms with Gasteiger partial charge in [0.1, 0.15) is 0 Å². The summed E-state index contributed by atoms with van der Waals surface area (Å²) in [6.07, 6.45) is 0. The highest BCUT2D eigenvalue weighted by Gasteiger charge is 1.91. The van der Waals surface area contributed by atoms with Gasteiger partial charge >= 0.3 is 0 Å². The van der Waals surface area contributed by atoms with E-state index in [4.69, 9.17) is 10.6 Å². The molecule has 1 aromatic rings. The number of hydrazine groups is 1. The van der Waals surface area contributed by atoms with E-state index in [1.165, 1.54) is 0 Å². The number of benzene rings is 1. The van der Waals surface area contributed by atoms with Crippen molar-refractivity contribution >= 4 is 11.4 Å². The van der Waals surface area contributed by atoms with Gasteiger partial charge in [0, 0.05) is 25.0 Å². The molecule has 0 saturated carbocycles. The van der Waals surface area contributed by atoms with Gasteiger partial charge in [-0.1, -0.05) is 0 Å². The van der Waals surface area contributed by atoms with Crippen molar-refractivity contribution in [2.45, 2.75) is 0 Å². The molecule has 0 unspecified atom stereocenters. The predicted octanol–water partition coefficient (Wildman–Crippen LogP) is 1.03. The topological polar surface area (TPSA) is 59.3 Å². The lowest BCUT2D eigenvalue weighted by Crippen LogP contribution is -2.08. The molecule has 4 heteroatoms. The van der Waals surface area contributed by atoms with Crippen LogP contribution in [0.3, 0.4) is 0 Å². The van der Waals surface area contributed by atoms with Crippen molar-refractivity contribution in [3.63, 3.8) is 0 Å². The lowest BCUT2D eigenvalue weighted by atomic mass is 10.3. The molecule has 0 fully saturated rings. The van der Waals surface area contributed by atoms with E-state index in [1.807, 2.05) is 24.3 Å². The molecule has 0 atom stereocenters. The van der Waals surface area contributed by atoms with E-state index in [0.717, 1.165) is 17.9 Å². The van der Waals surface area contributed by atoms with E-state index in [0.29, 0.717) is 6.61 Å². The lowest BCUT2D eigenvalue weighted by molar-refractivity contribution is 0.211. The molecule has 0 aliphatic heterocycles. The van der Waals surface area contributed by atoms with E-state index in [1.54, 1.807) is 7.11 Å². The fraction of sp³-hybridized carbons (Fsp3) is 0.333. The van der Waals surface area contributed by atoms with Crippen LogP contribution in [0, 0.1) is 0 Å². The zero-order valence-corrected chi connectivity index (χ0v) is 7.71. The molecule has 0 bridgehead atoms. The Morgan fingerprint density at radius 2 is 1.85 bits per heavy atom. The Balaban J connectivity index is 2.40. The molecule has 4 nitrogen and oxygen atoms in total. The van der Waals surface area contributed by atoms with Crippen LogP contribution in [0.2, 0.25) is 0 Å². The molecule has 0 aliphatic carbocycles. The number of methoxy groups -OCH3 is 1. The van der Waals surface area contributed by atoms with Crippen LogP contribution in [-0.4, -0.2) is 20.3 Å². The molecule has 1 rings (SSSR count). The SMILES string of the molecule is COCCNc1ccc(NN)cc1. The minimum absolute atomic E-state index is 0.705. The van der Waals surface area contributed by atoms with Gasteiger partial charge < -0.3 is 15.5 Å². The molecule has 0 aromatic heterocycles. The number of nitrogens with one attached hydrogen (secondary N) is 2. The van der Waals surface area contributed by atoms with E-state index in [-0.39, 0.29) is 0 Å². The zero-order valence-electron chi connectivity index (χ0n) is 7.71. The van der Waals surface area contributed by atoms with Gasteiger partial charge in [-0.2, -0.15) is 0 Å². The maximum Gasteiger partial charge on any atom is 0.0635 e. The van der Waals surface area contributed by atoms with Crippen LogP contribution < -0.4 is 16.6 Å². The minimum atomic E-state index is 0.705. The first-order chi connectivity index (χ1) is 6.36. The highest BCUT2D eigenvalue weighted by molar-refractivity contribution is 5.52. The molecule has 0 amide bonds. The summed E-state index contributed by atoms with van der Waals surface area (Å²) in [5, 5.41) is 3.20. The number of anilines is 2. The van der Waals surface area contributed by atoms with Crippen molar-refractivity contribution in [1.29, 1.82) is 0 Å². The summed E-state index contributed by atoms with van der Waals surface area (Å²) in [6, 6.07) is 7.75. The molecule has 0 saturated heterocycles. The monoisotopic (exact) mass is 181 g/mol. The first-order valence-electron chi connectivity index (χ1n) is 4.16. The van der Waals surface area contributed by atoms with Crippen LogP contribution in [0.4, 0.5) is 11.4 Å². The summed E-state index contributed by atoms with van der Waals surface area (Å²) >= 11 is 0. The van der Waals surface area contributed by atoms with Crippen molar-refractivity contribution in [1.82, 2.24) is 0 Å². The summed E-state index contributed by atoms with van der Waals surface area (Å²) in [6.45, 7) is 1.52. The zero-order chi connectivity index (χ0) is 9.52. The van der Waals surface area contributed by atoms with Gasteiger partial charge in [0.05, 0.1) is 6.61 Å². The number of hydrogen-bond acceptors (Lipinski definition) is 4. The van der Waals surface area contributed by atoms with Gasteiger partial charge in [0.15, 0.2) is 0 Å². The summed E-state index contributed by atoms with van der Waals surface area (Å²) in [4.78, 5) is 0. The molecular formula is C9H15N3O. The van der Waals surface area contributed by atoms with E-state index in [2.05, 4.69) is 10.7 Å². The largest absolute Gasteiger partial charge is 0.383 e. The Labute approximate surface area is 78.0 Å². The molecule has 0 radical (unpaired) electrons. The van der Waals surface area contributed by atoms with Gasteiger partial charge in [0.25, 0.3) is 0 Å². The van der Waals surface area contributed by atoms with Crippen molar-refractivity contribution in [3.8, 4) is 0 Å². The molecule has 72 valence electrons. The van der Waals surface area contributed by atoms with E-state index in [9.17, 15) is 0 Å². The Hall–Kier alpha value is -1.26. The van der Waals surface area contributed by atoms with Crippen LogP contribution in [0.5, 0.6) is 0 Å². The summed E-state index contributed by atoms with van der Waals surface area (Å²) in [7, 11) is 1.68. The van der Waals surface area contributed by atoms with Gasteiger partial charge in [-0.15, -0.1) is 0 Å². The lowest BCUT2D eigenvalue weighted by Gasteiger charge is -2.06. The summed E-state index contributed by atoms with van der Waals surface area (Å²) in [5.74, 6) is 5.23. The van der Waals surface area contributed by atoms with Gasteiger partial charge in [-0.05, 0) is 24.3 Å². The second-order valence-electron chi connectivity index (χ2n) is 2.64. The van der Waals surface area contributed by atoms with Gasteiger partial charge in [0.2, 0.25) is 0 Å². The first-order valence-corrected chi connectivity index (χ1v) is 4.16. The third-order valence-corrected chi connectivity index (χ3v) is 1.69. The Kier molecular flexibility index (Phi) is 4.08. The molecule has 0 heterocycles. The fourth-order valence-corrected chi connectivity index (χ4v) is 0.982. The normalized spacial score (nSPS) is 9.69. The minimum Gasteiger partial charge on any atom is -0.383 e. The van der Waals surface area contributed by atoms with Crippen LogP contribution in [0.1, 0.15) is 0 Å². The van der Waals surface area contributed by atoms with Crippen LogP contribution >= 0.6 is 0 Å². The molecule has 4 N–H and O–H groups in total. The maximum atomic E-state index is 5.23. The van der Waals surface area contributed by atoms with Crippen LogP contribution in [-0.2, 0) is 4.74 Å². The number of ether oxygens (including phenoxy) is 1. The molecule has 1 aromatic carbocycles. The second-order valence-corrected chi connectivity index (χ2v) is 2.64. The third kappa shape index (κ3) is 3.31. The summed E-state index contributed by atoms with van der Waals surface area (Å²) < 4.78 is 4.91. The Morgan fingerprint density at radius 1 is 1.23 bits per heavy atom. The highest BCUT2D eigenvalue weighted by atomic mass is 16.5. The second kappa shape index (κ2) is 5.40. The maximum absolute atomic E-state index is 5.23. The standard InChI is InChI=1S/C9H15N3O/c1-13-7-6-11-8-2-4-9(12-10)5-3-8/h2-5,11-12H,6-7,10H2,1H3. The first kappa shape index (κ1) is 9.83. The Morgan fingerprint density at radius 3 is 2.38 bits per heavy atom. The average Bonchev–Trinajstić information content (AvgIpc) is 2.19. The number of nitrogen functional groups attached to an aromatic ring is 1. The number of nitrogens with two attached hydrogens (primary N) is 1. The van der Waals surface area contributed by atoms with Gasteiger partial charge in [-0.25, -0.2) is 0 Å². The smallest absolute Gasteiger partial charge is 0.0635 e. The van der Waals surface area contributed by atoms with Crippen molar-refractivity contribution < 1.29 is 4.74 Å². The highest BCUT2D eigenvalue weighted by Crippen LogP contribution is 2.11. The molecule has 0 spiro atoms. The summed E-state index contributed by atoms with van der Waals surface area (Å²) in [5.41, 5.74) is 4.54. The molecule has 0 aliphatic rings. The molecular weight excluding hydrogens is 166 g/mol. The van der Waals surface area contributed by atoms with E-state index >= 15 is 0 Å². The van der Waals surface area contributed by atoms with Crippen LogP contribution in [0.25, 0.3) is 0 Å². The van der Waals surface area contributed by atoms with Crippen molar-refractivity contribution in [2.24, 2.45) is 5.84 Å². The van der Waals surface area contributed by atoms with E-state index < -0.39 is 0 Å². The van der Waals surface area contributed by atoms with Gasteiger partial charge in [-0.3, -0.25) is 5.84 Å². The fourth-order valence-electron chi connectivity index (χ4n) is 0.982.